The summed E-state index contributed by atoms with van der Waals surface area (Å²) in [7, 11) is 1.53. The van der Waals surface area contributed by atoms with Crippen LogP contribution in [0.4, 0.5) is 13.2 Å². The SMILES string of the molecule is CCO[C@H]1CC[C@H]2[C@@H]1OCCN2C(=O)c1cccnc1OC.O=C(O)C(F)(F)F. The molecule has 1 N–H and O–H groups in total. The van der Waals surface area contributed by atoms with E-state index in [9.17, 15) is 18.0 Å². The topological polar surface area (TPSA) is 98.2 Å². The highest BCUT2D eigenvalue weighted by Gasteiger charge is 2.45. The molecule has 2 aliphatic rings. The maximum atomic E-state index is 12.9. The molecule has 3 atom stereocenters. The number of carbonyl (C=O) groups excluding carboxylic acids is 1. The Kier molecular flexibility index (Phi) is 7.80. The lowest BCUT2D eigenvalue weighted by molar-refractivity contribution is -0.192. The third-order valence-electron chi connectivity index (χ3n) is 4.61. The number of aromatic nitrogens is 1. The molecule has 0 aromatic carbocycles. The highest BCUT2D eigenvalue weighted by molar-refractivity contribution is 5.96. The zero-order chi connectivity index (χ0) is 21.6. The van der Waals surface area contributed by atoms with E-state index in [2.05, 4.69) is 4.98 Å². The molecule has 1 aliphatic carbocycles. The zero-order valence-electron chi connectivity index (χ0n) is 16.0. The fourth-order valence-corrected chi connectivity index (χ4v) is 3.43. The normalized spacial score (nSPS) is 23.6. The van der Waals surface area contributed by atoms with Crippen LogP contribution in [-0.2, 0) is 14.3 Å². The first-order valence-corrected chi connectivity index (χ1v) is 9.04. The Labute approximate surface area is 165 Å². The Balaban J connectivity index is 0.000000370. The number of hydrogen-bond donors (Lipinski definition) is 1. The zero-order valence-corrected chi connectivity index (χ0v) is 16.0. The molecule has 0 unspecified atom stereocenters. The van der Waals surface area contributed by atoms with Gasteiger partial charge in [0.05, 0.1) is 25.9 Å². The molecule has 1 saturated heterocycles. The van der Waals surface area contributed by atoms with E-state index in [-0.39, 0.29) is 24.2 Å². The van der Waals surface area contributed by atoms with Gasteiger partial charge in [0.15, 0.2) is 0 Å². The van der Waals surface area contributed by atoms with Crippen LogP contribution in [0.2, 0.25) is 0 Å². The molecular weight excluding hydrogens is 397 g/mol. The number of carboxylic acid groups (broad SMARTS) is 1. The van der Waals surface area contributed by atoms with E-state index < -0.39 is 12.1 Å². The number of aliphatic carboxylic acids is 1. The van der Waals surface area contributed by atoms with E-state index >= 15 is 0 Å². The van der Waals surface area contributed by atoms with Gasteiger partial charge in [-0.1, -0.05) is 0 Å². The predicted octanol–water partition coefficient (Wildman–Crippen LogP) is 2.13. The van der Waals surface area contributed by atoms with Crippen LogP contribution in [0.25, 0.3) is 0 Å². The Bertz CT molecular complexity index is 715. The number of pyridine rings is 1. The van der Waals surface area contributed by atoms with Crippen LogP contribution in [-0.4, -0.2) is 78.2 Å². The van der Waals surface area contributed by atoms with Gasteiger partial charge in [-0.3, -0.25) is 4.79 Å². The van der Waals surface area contributed by atoms with Crippen LogP contribution in [0.3, 0.4) is 0 Å². The number of carboxylic acids is 1. The fraction of sp³-hybridized carbons (Fsp3) is 0.611. The van der Waals surface area contributed by atoms with Crippen molar-refractivity contribution in [2.75, 3.05) is 26.9 Å². The number of rotatable bonds is 4. The van der Waals surface area contributed by atoms with E-state index in [4.69, 9.17) is 24.1 Å². The number of methoxy groups -OCH3 is 1. The van der Waals surface area contributed by atoms with Crippen molar-refractivity contribution in [1.29, 1.82) is 0 Å². The molecule has 162 valence electrons. The average molecular weight is 420 g/mol. The van der Waals surface area contributed by atoms with Gasteiger partial charge in [0.2, 0.25) is 5.88 Å². The van der Waals surface area contributed by atoms with E-state index in [0.29, 0.717) is 31.2 Å². The number of morpholine rings is 1. The molecule has 1 aromatic rings. The molecule has 1 aliphatic heterocycles. The van der Waals surface area contributed by atoms with Crippen molar-refractivity contribution in [3.8, 4) is 5.88 Å². The molecule has 2 heterocycles. The summed E-state index contributed by atoms with van der Waals surface area (Å²) in [5.41, 5.74) is 0.505. The fourth-order valence-electron chi connectivity index (χ4n) is 3.43. The molecule has 8 nitrogen and oxygen atoms in total. The predicted molar refractivity (Wildman–Crippen MR) is 93.7 cm³/mol. The van der Waals surface area contributed by atoms with Gasteiger partial charge in [0.1, 0.15) is 11.7 Å². The second-order valence-electron chi connectivity index (χ2n) is 6.34. The summed E-state index contributed by atoms with van der Waals surface area (Å²) in [5, 5.41) is 7.12. The third-order valence-corrected chi connectivity index (χ3v) is 4.61. The first kappa shape index (κ1) is 22.9. The van der Waals surface area contributed by atoms with Crippen LogP contribution in [0.1, 0.15) is 30.1 Å². The number of hydrogen-bond acceptors (Lipinski definition) is 6. The van der Waals surface area contributed by atoms with Crippen molar-refractivity contribution in [1.82, 2.24) is 9.88 Å². The van der Waals surface area contributed by atoms with Gasteiger partial charge in [0, 0.05) is 19.3 Å². The first-order chi connectivity index (χ1) is 13.7. The highest BCUT2D eigenvalue weighted by Crippen LogP contribution is 2.33. The number of nitrogens with zero attached hydrogens (tertiary/aromatic N) is 2. The van der Waals surface area contributed by atoms with E-state index in [1.807, 2.05) is 11.8 Å². The number of halogens is 3. The van der Waals surface area contributed by atoms with Crippen molar-refractivity contribution in [3.63, 3.8) is 0 Å². The summed E-state index contributed by atoms with van der Waals surface area (Å²) >= 11 is 0. The summed E-state index contributed by atoms with van der Waals surface area (Å²) < 4.78 is 48.6. The summed E-state index contributed by atoms with van der Waals surface area (Å²) in [5.74, 6) is -2.43. The smallest absolute Gasteiger partial charge is 0.480 e. The molecule has 2 fully saturated rings. The Morgan fingerprint density at radius 2 is 2.07 bits per heavy atom. The standard InChI is InChI=1S/C16H22N2O4.C2HF3O2/c1-3-21-13-7-6-12-14(13)22-10-9-18(12)16(19)11-5-4-8-17-15(11)20-2;3-2(4,5)1(6)7/h4-5,8,12-14H,3,6-7,9-10H2,1-2H3;(H,6,7)/t12-,13-,14-;/m0./s1. The molecule has 1 saturated carbocycles. The van der Waals surface area contributed by atoms with Gasteiger partial charge < -0.3 is 24.2 Å². The number of amides is 1. The third kappa shape index (κ3) is 5.57. The average Bonchev–Trinajstić information content (AvgIpc) is 3.10. The van der Waals surface area contributed by atoms with Gasteiger partial charge in [-0.05, 0) is 31.9 Å². The minimum atomic E-state index is -5.08. The van der Waals surface area contributed by atoms with E-state index in [1.54, 1.807) is 18.3 Å². The van der Waals surface area contributed by atoms with Gasteiger partial charge in [-0.15, -0.1) is 0 Å². The lowest BCUT2D eigenvalue weighted by Gasteiger charge is -2.39. The number of carbonyl (C=O) groups is 2. The molecule has 0 bridgehead atoms. The Morgan fingerprint density at radius 3 is 2.66 bits per heavy atom. The highest BCUT2D eigenvalue weighted by atomic mass is 19.4. The van der Waals surface area contributed by atoms with Crippen LogP contribution >= 0.6 is 0 Å². The molecule has 29 heavy (non-hydrogen) atoms. The summed E-state index contributed by atoms with van der Waals surface area (Å²) in [6.07, 6.45) is -1.57. The summed E-state index contributed by atoms with van der Waals surface area (Å²) in [4.78, 5) is 27.8. The van der Waals surface area contributed by atoms with Crippen molar-refractivity contribution in [3.05, 3.63) is 23.9 Å². The summed E-state index contributed by atoms with van der Waals surface area (Å²) in [6, 6.07) is 3.58. The van der Waals surface area contributed by atoms with Crippen LogP contribution in [0.15, 0.2) is 18.3 Å². The molecule has 3 rings (SSSR count). The number of fused-ring (bicyclic) bond motifs is 1. The molecule has 0 radical (unpaired) electrons. The quantitative estimate of drug-likeness (QED) is 0.797. The second-order valence-corrected chi connectivity index (χ2v) is 6.34. The molecule has 11 heteroatoms. The van der Waals surface area contributed by atoms with Gasteiger partial charge in [-0.2, -0.15) is 13.2 Å². The lowest BCUT2D eigenvalue weighted by Crippen LogP contribution is -2.54. The van der Waals surface area contributed by atoms with Gasteiger partial charge >= 0.3 is 12.1 Å². The van der Waals surface area contributed by atoms with Crippen LogP contribution in [0.5, 0.6) is 5.88 Å². The first-order valence-electron chi connectivity index (χ1n) is 9.04. The molecule has 1 amide bonds. The molecule has 0 spiro atoms. The van der Waals surface area contributed by atoms with Gasteiger partial charge in [0.25, 0.3) is 5.91 Å². The van der Waals surface area contributed by atoms with Crippen molar-refractivity contribution >= 4 is 11.9 Å². The van der Waals surface area contributed by atoms with E-state index in [0.717, 1.165) is 12.8 Å². The number of alkyl halides is 3. The van der Waals surface area contributed by atoms with Crippen LogP contribution < -0.4 is 4.74 Å². The van der Waals surface area contributed by atoms with E-state index in [1.165, 1.54) is 7.11 Å². The van der Waals surface area contributed by atoms with Crippen molar-refractivity contribution in [2.24, 2.45) is 0 Å². The maximum absolute atomic E-state index is 12.9. The minimum absolute atomic E-state index is 0.0275. The minimum Gasteiger partial charge on any atom is -0.480 e. The van der Waals surface area contributed by atoms with Gasteiger partial charge in [-0.25, -0.2) is 9.78 Å². The Hall–Kier alpha value is -2.40. The largest absolute Gasteiger partial charge is 0.490 e. The molecule has 1 aromatic heterocycles. The number of ether oxygens (including phenoxy) is 3. The second kappa shape index (κ2) is 9.88. The summed E-state index contributed by atoms with van der Waals surface area (Å²) in [6.45, 7) is 3.79. The monoisotopic (exact) mass is 420 g/mol. The van der Waals surface area contributed by atoms with Crippen molar-refractivity contribution < 1.29 is 42.1 Å². The maximum Gasteiger partial charge on any atom is 0.490 e. The van der Waals surface area contributed by atoms with Crippen LogP contribution in [0, 0.1) is 0 Å². The van der Waals surface area contributed by atoms with Crippen molar-refractivity contribution in [2.45, 2.75) is 44.2 Å². The lowest BCUT2D eigenvalue weighted by atomic mass is 10.1. The Morgan fingerprint density at radius 1 is 1.38 bits per heavy atom. The molecular formula is C18H23F3N2O6.